The number of nitrogens with one attached hydrogen (secondary N) is 1. The number of hydrogen-bond acceptors (Lipinski definition) is 4. The van der Waals surface area contributed by atoms with Crippen LogP contribution in [0.1, 0.15) is 29.8 Å². The smallest absolute Gasteiger partial charge is 0.253 e. The molecule has 0 unspecified atom stereocenters. The molecular weight excluding hydrogens is 392 g/mol. The predicted octanol–water partition coefficient (Wildman–Crippen LogP) is 4.49. The SMILES string of the molecule is CCN(CC)C(=O)c1cccc(NC(=O)/C=C/c2cc(Cl)c(OC)c(OC)c2)c1. The zero-order valence-corrected chi connectivity index (χ0v) is 17.7. The fraction of sp³-hybridized carbons (Fsp3) is 0.273. The number of rotatable bonds is 8. The van der Waals surface area contributed by atoms with Crippen LogP contribution in [-0.2, 0) is 4.79 Å². The maximum Gasteiger partial charge on any atom is 0.253 e. The molecule has 154 valence electrons. The summed E-state index contributed by atoms with van der Waals surface area (Å²) >= 11 is 6.18. The highest BCUT2D eigenvalue weighted by molar-refractivity contribution is 6.32. The Labute approximate surface area is 176 Å². The number of hydrogen-bond donors (Lipinski definition) is 1. The lowest BCUT2D eigenvalue weighted by Crippen LogP contribution is -2.30. The molecule has 29 heavy (non-hydrogen) atoms. The van der Waals surface area contributed by atoms with Gasteiger partial charge in [0.15, 0.2) is 11.5 Å². The number of carbonyl (C=O) groups is 2. The van der Waals surface area contributed by atoms with Crippen molar-refractivity contribution >= 4 is 35.2 Å². The van der Waals surface area contributed by atoms with Crippen molar-refractivity contribution in [1.29, 1.82) is 0 Å². The second kappa shape index (κ2) is 10.5. The first-order valence-corrected chi connectivity index (χ1v) is 9.61. The van der Waals surface area contributed by atoms with Crippen LogP contribution in [0.25, 0.3) is 6.08 Å². The zero-order chi connectivity index (χ0) is 21.4. The molecule has 2 amide bonds. The summed E-state index contributed by atoms with van der Waals surface area (Å²) < 4.78 is 10.5. The van der Waals surface area contributed by atoms with Crippen molar-refractivity contribution in [2.45, 2.75) is 13.8 Å². The lowest BCUT2D eigenvalue weighted by molar-refractivity contribution is -0.111. The van der Waals surface area contributed by atoms with Gasteiger partial charge in [-0.2, -0.15) is 0 Å². The third-order valence-electron chi connectivity index (χ3n) is 4.31. The van der Waals surface area contributed by atoms with Gasteiger partial charge in [0.25, 0.3) is 5.91 Å². The molecule has 6 nitrogen and oxygen atoms in total. The molecule has 0 fully saturated rings. The number of amides is 2. The van der Waals surface area contributed by atoms with Crippen LogP contribution in [0.5, 0.6) is 11.5 Å². The van der Waals surface area contributed by atoms with E-state index in [2.05, 4.69) is 5.32 Å². The summed E-state index contributed by atoms with van der Waals surface area (Å²) in [7, 11) is 3.02. The van der Waals surface area contributed by atoms with E-state index in [0.717, 1.165) is 0 Å². The molecule has 7 heteroatoms. The highest BCUT2D eigenvalue weighted by Gasteiger charge is 2.13. The molecule has 0 bridgehead atoms. The predicted molar refractivity (Wildman–Crippen MR) is 116 cm³/mol. The standard InChI is InChI=1S/C22H25ClN2O4/c1-5-25(6-2)22(27)16-8-7-9-17(14-16)24-20(26)11-10-15-12-18(23)21(29-4)19(13-15)28-3/h7-14H,5-6H2,1-4H3,(H,24,26)/b11-10+. The van der Waals surface area contributed by atoms with Gasteiger partial charge in [0.1, 0.15) is 0 Å². The Kier molecular flexibility index (Phi) is 8.09. The Morgan fingerprint density at radius 1 is 1.10 bits per heavy atom. The second-order valence-corrected chi connectivity index (χ2v) is 6.53. The van der Waals surface area contributed by atoms with Gasteiger partial charge in [0.05, 0.1) is 19.2 Å². The van der Waals surface area contributed by atoms with Gasteiger partial charge in [0.2, 0.25) is 5.91 Å². The largest absolute Gasteiger partial charge is 0.493 e. The van der Waals surface area contributed by atoms with Crippen LogP contribution in [0.3, 0.4) is 0 Å². The van der Waals surface area contributed by atoms with Crippen LogP contribution in [-0.4, -0.2) is 44.0 Å². The Bertz CT molecular complexity index is 908. The summed E-state index contributed by atoms with van der Waals surface area (Å²) in [5.41, 5.74) is 1.76. The molecule has 0 aliphatic rings. The molecule has 0 spiro atoms. The average Bonchev–Trinajstić information content (AvgIpc) is 2.72. The van der Waals surface area contributed by atoms with Crippen molar-refractivity contribution in [1.82, 2.24) is 4.90 Å². The minimum absolute atomic E-state index is 0.0680. The third kappa shape index (κ3) is 5.74. The molecule has 2 rings (SSSR count). The molecule has 0 radical (unpaired) electrons. The minimum atomic E-state index is -0.330. The van der Waals surface area contributed by atoms with E-state index in [-0.39, 0.29) is 11.8 Å². The first kappa shape index (κ1) is 22.3. The van der Waals surface area contributed by atoms with E-state index < -0.39 is 0 Å². The highest BCUT2D eigenvalue weighted by atomic mass is 35.5. The van der Waals surface area contributed by atoms with Crippen molar-refractivity contribution < 1.29 is 19.1 Å². The Morgan fingerprint density at radius 2 is 1.83 bits per heavy atom. The van der Waals surface area contributed by atoms with E-state index in [9.17, 15) is 9.59 Å². The fourth-order valence-corrected chi connectivity index (χ4v) is 3.11. The molecule has 0 aliphatic heterocycles. The van der Waals surface area contributed by atoms with E-state index in [1.54, 1.807) is 47.4 Å². The molecule has 0 atom stereocenters. The van der Waals surface area contributed by atoms with E-state index in [1.807, 2.05) is 13.8 Å². The normalized spacial score (nSPS) is 10.7. The maximum absolute atomic E-state index is 12.5. The van der Waals surface area contributed by atoms with E-state index in [4.69, 9.17) is 21.1 Å². The van der Waals surface area contributed by atoms with E-state index in [1.165, 1.54) is 20.3 Å². The number of nitrogens with zero attached hydrogens (tertiary/aromatic N) is 1. The molecule has 0 saturated carbocycles. The second-order valence-electron chi connectivity index (χ2n) is 6.12. The first-order valence-electron chi connectivity index (χ1n) is 9.23. The van der Waals surface area contributed by atoms with Crippen LogP contribution in [0.2, 0.25) is 5.02 Å². The lowest BCUT2D eigenvalue weighted by atomic mass is 10.1. The van der Waals surface area contributed by atoms with Gasteiger partial charge in [-0.1, -0.05) is 17.7 Å². The lowest BCUT2D eigenvalue weighted by Gasteiger charge is -2.18. The molecule has 0 aliphatic carbocycles. The van der Waals surface area contributed by atoms with Gasteiger partial charge in [-0.25, -0.2) is 0 Å². The summed E-state index contributed by atoms with van der Waals surface area (Å²) in [4.78, 5) is 26.5. The molecular formula is C22H25ClN2O4. The van der Waals surface area contributed by atoms with Crippen molar-refractivity contribution in [3.63, 3.8) is 0 Å². The van der Waals surface area contributed by atoms with Gasteiger partial charge in [-0.05, 0) is 55.8 Å². The average molecular weight is 417 g/mol. The number of anilines is 1. The molecule has 1 N–H and O–H groups in total. The van der Waals surface area contributed by atoms with Gasteiger partial charge in [-0.15, -0.1) is 0 Å². The maximum atomic E-state index is 12.5. The van der Waals surface area contributed by atoms with Gasteiger partial charge < -0.3 is 19.7 Å². The first-order chi connectivity index (χ1) is 13.9. The third-order valence-corrected chi connectivity index (χ3v) is 4.59. The molecule has 0 heterocycles. The van der Waals surface area contributed by atoms with Crippen molar-refractivity contribution in [2.24, 2.45) is 0 Å². The van der Waals surface area contributed by atoms with Crippen LogP contribution in [0, 0.1) is 0 Å². The van der Waals surface area contributed by atoms with Crippen molar-refractivity contribution in [3.8, 4) is 11.5 Å². The zero-order valence-electron chi connectivity index (χ0n) is 17.0. The number of ether oxygens (including phenoxy) is 2. The molecule has 0 aromatic heterocycles. The summed E-state index contributed by atoms with van der Waals surface area (Å²) in [5, 5.41) is 3.15. The number of methoxy groups -OCH3 is 2. The summed E-state index contributed by atoms with van der Waals surface area (Å²) in [6.07, 6.45) is 3.00. The molecule has 0 saturated heterocycles. The number of benzene rings is 2. The van der Waals surface area contributed by atoms with Crippen molar-refractivity contribution in [2.75, 3.05) is 32.6 Å². The Morgan fingerprint density at radius 3 is 2.45 bits per heavy atom. The van der Waals surface area contributed by atoms with Crippen LogP contribution in [0.4, 0.5) is 5.69 Å². The van der Waals surface area contributed by atoms with E-state index >= 15 is 0 Å². The number of halogens is 1. The van der Waals surface area contributed by atoms with Crippen LogP contribution in [0.15, 0.2) is 42.5 Å². The van der Waals surface area contributed by atoms with Crippen LogP contribution >= 0.6 is 11.6 Å². The topological polar surface area (TPSA) is 67.9 Å². The van der Waals surface area contributed by atoms with Crippen LogP contribution < -0.4 is 14.8 Å². The minimum Gasteiger partial charge on any atom is -0.493 e. The quantitative estimate of drug-likeness (QED) is 0.644. The van der Waals surface area contributed by atoms with Gasteiger partial charge in [-0.3, -0.25) is 9.59 Å². The van der Waals surface area contributed by atoms with Gasteiger partial charge in [0, 0.05) is 30.4 Å². The summed E-state index contributed by atoms with van der Waals surface area (Å²) in [5.74, 6) is 0.512. The Balaban J connectivity index is 2.13. The van der Waals surface area contributed by atoms with Gasteiger partial charge >= 0.3 is 0 Å². The number of carbonyl (C=O) groups excluding carboxylic acids is 2. The summed E-state index contributed by atoms with van der Waals surface area (Å²) in [6, 6.07) is 10.3. The molecule has 2 aromatic rings. The highest BCUT2D eigenvalue weighted by Crippen LogP contribution is 2.36. The van der Waals surface area contributed by atoms with Crippen molar-refractivity contribution in [3.05, 3.63) is 58.6 Å². The summed E-state index contributed by atoms with van der Waals surface area (Å²) in [6.45, 7) is 5.11. The monoisotopic (exact) mass is 416 g/mol. The fourth-order valence-electron chi connectivity index (χ4n) is 2.81. The van der Waals surface area contributed by atoms with E-state index in [0.29, 0.717) is 46.4 Å². The molecule has 2 aromatic carbocycles. The Hall–Kier alpha value is -2.99.